The number of carbonyl (C=O) groups is 3. The van der Waals surface area contributed by atoms with Gasteiger partial charge in [-0.2, -0.15) is 0 Å². The molecule has 1 amide bonds. The third kappa shape index (κ3) is 45.5. The molecule has 0 bridgehead atoms. The summed E-state index contributed by atoms with van der Waals surface area (Å²) in [6.07, 6.45) is 47.6. The van der Waals surface area contributed by atoms with Gasteiger partial charge in [-0.3, -0.25) is 14.4 Å². The first-order chi connectivity index (χ1) is 31.4. The number of hydrogen-bond acceptors (Lipinski definition) is 6. The van der Waals surface area contributed by atoms with Gasteiger partial charge in [0.05, 0.1) is 13.2 Å². The highest BCUT2D eigenvalue weighted by molar-refractivity contribution is 5.75. The summed E-state index contributed by atoms with van der Waals surface area (Å²) in [7, 11) is 0. The van der Waals surface area contributed by atoms with Crippen molar-refractivity contribution in [2.75, 3.05) is 39.4 Å². The van der Waals surface area contributed by atoms with Crippen LogP contribution in [0.15, 0.2) is 0 Å². The maximum absolute atomic E-state index is 12.8. The van der Waals surface area contributed by atoms with Gasteiger partial charge in [0.25, 0.3) is 0 Å². The van der Waals surface area contributed by atoms with Crippen molar-refractivity contribution in [2.24, 2.45) is 11.8 Å². The molecule has 0 saturated carbocycles. The average Bonchev–Trinajstić information content (AvgIpc) is 3.29. The van der Waals surface area contributed by atoms with E-state index >= 15 is 0 Å². The van der Waals surface area contributed by atoms with Crippen LogP contribution in [-0.4, -0.2) is 62.1 Å². The van der Waals surface area contributed by atoms with Gasteiger partial charge < -0.3 is 19.7 Å². The summed E-state index contributed by atoms with van der Waals surface area (Å²) in [5.74, 6) is 1.16. The molecule has 0 heterocycles. The highest BCUT2D eigenvalue weighted by atomic mass is 16.5. The molecule has 7 heteroatoms. The Kier molecular flexibility index (Phi) is 49.5. The van der Waals surface area contributed by atoms with E-state index in [9.17, 15) is 14.4 Å². The zero-order chi connectivity index (χ0) is 46.8. The summed E-state index contributed by atoms with van der Waals surface area (Å²) in [6.45, 7) is 16.3. The van der Waals surface area contributed by atoms with Crippen LogP contribution in [-0.2, 0) is 23.9 Å². The molecule has 0 aliphatic rings. The molecule has 0 fully saturated rings. The van der Waals surface area contributed by atoms with E-state index in [-0.39, 0.29) is 17.8 Å². The lowest BCUT2D eigenvalue weighted by Gasteiger charge is -2.22. The molecular formula is C57H112N2O5. The Morgan fingerprint density at radius 2 is 0.656 bits per heavy atom. The summed E-state index contributed by atoms with van der Waals surface area (Å²) < 4.78 is 11.8. The van der Waals surface area contributed by atoms with Crippen LogP contribution in [0.1, 0.15) is 298 Å². The van der Waals surface area contributed by atoms with Crippen LogP contribution in [0.5, 0.6) is 0 Å². The second kappa shape index (κ2) is 50.8. The molecule has 1 N–H and O–H groups in total. The van der Waals surface area contributed by atoms with Crippen molar-refractivity contribution in [3.63, 3.8) is 0 Å². The van der Waals surface area contributed by atoms with E-state index < -0.39 is 0 Å². The molecule has 0 saturated heterocycles. The average molecular weight is 906 g/mol. The monoisotopic (exact) mass is 905 g/mol. The van der Waals surface area contributed by atoms with Gasteiger partial charge in [-0.1, -0.05) is 208 Å². The lowest BCUT2D eigenvalue weighted by atomic mass is 9.95. The largest absolute Gasteiger partial charge is 0.465 e. The topological polar surface area (TPSA) is 84.9 Å². The summed E-state index contributed by atoms with van der Waals surface area (Å²) in [4.78, 5) is 40.7. The second-order valence-electron chi connectivity index (χ2n) is 19.9. The van der Waals surface area contributed by atoms with Crippen LogP contribution in [0.25, 0.3) is 0 Å². The lowest BCUT2D eigenvalue weighted by molar-refractivity contribution is -0.146. The molecule has 2 unspecified atom stereocenters. The van der Waals surface area contributed by atoms with Crippen LogP contribution in [0.3, 0.4) is 0 Å². The molecule has 0 spiro atoms. The minimum Gasteiger partial charge on any atom is -0.465 e. The number of amides is 1. The molecule has 0 aromatic heterocycles. The summed E-state index contributed by atoms with van der Waals surface area (Å²) >= 11 is 0. The van der Waals surface area contributed by atoms with E-state index in [4.69, 9.17) is 9.47 Å². The minimum absolute atomic E-state index is 0.0213. The number of hydrogen-bond donors (Lipinski definition) is 1. The molecule has 0 aliphatic heterocycles. The first kappa shape index (κ1) is 62.4. The normalized spacial score (nSPS) is 12.5. The van der Waals surface area contributed by atoms with Gasteiger partial charge in [0.2, 0.25) is 5.91 Å². The Labute approximate surface area is 399 Å². The van der Waals surface area contributed by atoms with Crippen LogP contribution < -0.4 is 5.32 Å². The van der Waals surface area contributed by atoms with Gasteiger partial charge in [0.1, 0.15) is 0 Å². The quantitative estimate of drug-likeness (QED) is 0.0483. The third-order valence-corrected chi connectivity index (χ3v) is 13.5. The van der Waals surface area contributed by atoms with E-state index in [0.717, 1.165) is 84.0 Å². The van der Waals surface area contributed by atoms with Gasteiger partial charge in [-0.15, -0.1) is 0 Å². The van der Waals surface area contributed by atoms with Crippen molar-refractivity contribution in [3.8, 4) is 0 Å². The fourth-order valence-electron chi connectivity index (χ4n) is 9.08. The molecule has 0 aromatic carbocycles. The number of nitrogens with zero attached hydrogens (tertiary/aromatic N) is 1. The fourth-order valence-corrected chi connectivity index (χ4v) is 9.08. The predicted octanol–water partition coefficient (Wildman–Crippen LogP) is 16.8. The van der Waals surface area contributed by atoms with E-state index in [1.165, 1.54) is 186 Å². The van der Waals surface area contributed by atoms with Crippen molar-refractivity contribution in [2.45, 2.75) is 298 Å². The second-order valence-corrected chi connectivity index (χ2v) is 19.9. The minimum atomic E-state index is -0.0213. The summed E-state index contributed by atoms with van der Waals surface area (Å²) in [5, 5.41) is 3.14. The van der Waals surface area contributed by atoms with Gasteiger partial charge in [-0.25, -0.2) is 0 Å². The Morgan fingerprint density at radius 1 is 0.359 bits per heavy atom. The van der Waals surface area contributed by atoms with Crippen LogP contribution in [0.2, 0.25) is 0 Å². The third-order valence-electron chi connectivity index (χ3n) is 13.5. The van der Waals surface area contributed by atoms with Gasteiger partial charge in [0.15, 0.2) is 0 Å². The maximum atomic E-state index is 12.8. The van der Waals surface area contributed by atoms with E-state index in [0.29, 0.717) is 44.3 Å². The Morgan fingerprint density at radius 3 is 1.05 bits per heavy atom. The molecular weight excluding hydrogens is 793 g/mol. The number of esters is 2. The number of ether oxygens (including phenoxy) is 2. The van der Waals surface area contributed by atoms with Crippen LogP contribution >= 0.6 is 0 Å². The Bertz CT molecular complexity index is 933. The van der Waals surface area contributed by atoms with Gasteiger partial charge in [0, 0.05) is 25.8 Å². The Balaban J connectivity index is 4.81. The zero-order valence-corrected chi connectivity index (χ0v) is 43.9. The molecule has 64 heavy (non-hydrogen) atoms. The van der Waals surface area contributed by atoms with Crippen molar-refractivity contribution in [3.05, 3.63) is 0 Å². The van der Waals surface area contributed by atoms with Crippen molar-refractivity contribution in [1.29, 1.82) is 0 Å². The molecule has 0 aliphatic carbocycles. The zero-order valence-electron chi connectivity index (χ0n) is 43.9. The van der Waals surface area contributed by atoms with E-state index in [2.05, 4.69) is 44.8 Å². The van der Waals surface area contributed by atoms with Gasteiger partial charge >= 0.3 is 11.9 Å². The Hall–Kier alpha value is -1.63. The first-order valence-corrected chi connectivity index (χ1v) is 28.7. The first-order valence-electron chi connectivity index (χ1n) is 28.7. The highest BCUT2D eigenvalue weighted by Crippen LogP contribution is 2.22. The molecule has 2 atom stereocenters. The number of rotatable bonds is 52. The smallest absolute Gasteiger partial charge is 0.305 e. The van der Waals surface area contributed by atoms with Crippen LogP contribution in [0.4, 0.5) is 0 Å². The summed E-state index contributed by atoms with van der Waals surface area (Å²) in [5.41, 5.74) is 0. The number of nitrogens with one attached hydrogen (secondary N) is 1. The molecule has 7 nitrogen and oxygen atoms in total. The van der Waals surface area contributed by atoms with Crippen molar-refractivity contribution >= 4 is 17.8 Å². The van der Waals surface area contributed by atoms with Crippen molar-refractivity contribution in [1.82, 2.24) is 10.2 Å². The van der Waals surface area contributed by atoms with Gasteiger partial charge in [-0.05, 0) is 102 Å². The summed E-state index contributed by atoms with van der Waals surface area (Å²) in [6, 6.07) is 0. The van der Waals surface area contributed by atoms with E-state index in [1.807, 2.05) is 0 Å². The predicted molar refractivity (Wildman–Crippen MR) is 276 cm³/mol. The number of unbranched alkanes of at least 4 members (excludes halogenated alkanes) is 26. The van der Waals surface area contributed by atoms with Crippen LogP contribution in [0, 0.1) is 11.8 Å². The highest BCUT2D eigenvalue weighted by Gasteiger charge is 2.15. The molecule has 0 rings (SSSR count). The standard InChI is InChI=1S/C57H112N2O5/c1-6-11-16-21-24-31-42-53(40-29-19-14-9-4)51-63-56(61)45-33-27-37-48-59(50-39-35-44-55(60)58-47-36-26-23-18-13-8-3)49-38-28-34-46-57(62)64-52-54(41-30-20-15-10-5)43-32-25-22-17-12-7-2/h53-54H,6-52H2,1-5H3,(H,58,60). The SMILES string of the molecule is CCCCCCCCNC(=O)CCCCN(CCCCCC(=O)OCC(CCCCCC)CCCCCCCC)CCCCCC(=O)OCC(CCCCCC)CCCCCCCC. The maximum Gasteiger partial charge on any atom is 0.305 e. The molecule has 0 radical (unpaired) electrons. The molecule has 0 aromatic rings. The number of carbonyl (C=O) groups excluding carboxylic acids is 3. The fraction of sp³-hybridized carbons (Fsp3) is 0.947. The molecule has 380 valence electrons. The lowest BCUT2D eigenvalue weighted by Crippen LogP contribution is -2.28. The van der Waals surface area contributed by atoms with Crippen molar-refractivity contribution < 1.29 is 23.9 Å². The van der Waals surface area contributed by atoms with E-state index in [1.54, 1.807) is 0 Å².